The lowest BCUT2D eigenvalue weighted by atomic mass is 9.84. The standard InChI is InChI=1S/C21H27NO3S/c1-3-25-20(24)21(2,19(23)22-16-10-5-4-6-11-16)14-17-13-15-9-7-8-12-18(15)26-17/h7-9,12-13,16H,3-6,10-11,14H2,1-2H3,(H,22,23). The first-order chi connectivity index (χ1) is 12.5. The second kappa shape index (κ2) is 8.21. The van der Waals surface area contributed by atoms with E-state index in [-0.39, 0.29) is 18.6 Å². The average molecular weight is 374 g/mol. The van der Waals surface area contributed by atoms with Crippen LogP contribution in [0.1, 0.15) is 50.8 Å². The van der Waals surface area contributed by atoms with Gasteiger partial charge in [-0.05, 0) is 44.2 Å². The number of nitrogens with one attached hydrogen (secondary N) is 1. The van der Waals surface area contributed by atoms with E-state index in [1.807, 2.05) is 12.1 Å². The molecule has 140 valence electrons. The van der Waals surface area contributed by atoms with Crippen LogP contribution in [0.4, 0.5) is 0 Å². The number of ether oxygens (including phenoxy) is 1. The maximum Gasteiger partial charge on any atom is 0.321 e. The minimum absolute atomic E-state index is 0.174. The second-order valence-electron chi connectivity index (χ2n) is 7.29. The Labute approximate surface area is 158 Å². The van der Waals surface area contributed by atoms with Crippen LogP contribution >= 0.6 is 11.3 Å². The molecule has 0 spiro atoms. The Bertz CT molecular complexity index is 745. The molecule has 26 heavy (non-hydrogen) atoms. The number of thiophene rings is 1. The van der Waals surface area contributed by atoms with Crippen molar-refractivity contribution in [1.82, 2.24) is 5.32 Å². The van der Waals surface area contributed by atoms with Gasteiger partial charge in [0.25, 0.3) is 0 Å². The zero-order chi connectivity index (χ0) is 18.6. The van der Waals surface area contributed by atoms with Crippen molar-refractivity contribution in [2.75, 3.05) is 6.61 Å². The maximum atomic E-state index is 13.1. The van der Waals surface area contributed by atoms with Crippen molar-refractivity contribution in [1.29, 1.82) is 0 Å². The van der Waals surface area contributed by atoms with Crippen LogP contribution in [0.2, 0.25) is 0 Å². The Hall–Kier alpha value is -1.88. The number of benzene rings is 1. The summed E-state index contributed by atoms with van der Waals surface area (Å²) in [6, 6.07) is 10.4. The lowest BCUT2D eigenvalue weighted by Gasteiger charge is -2.30. The molecule has 1 N–H and O–H groups in total. The predicted molar refractivity (Wildman–Crippen MR) is 105 cm³/mol. The van der Waals surface area contributed by atoms with E-state index in [1.54, 1.807) is 25.2 Å². The molecule has 1 atom stereocenters. The highest BCUT2D eigenvalue weighted by atomic mass is 32.1. The van der Waals surface area contributed by atoms with Crippen LogP contribution in [-0.2, 0) is 20.7 Å². The molecule has 0 radical (unpaired) electrons. The van der Waals surface area contributed by atoms with Gasteiger partial charge >= 0.3 is 5.97 Å². The zero-order valence-electron chi connectivity index (χ0n) is 15.5. The number of carbonyl (C=O) groups is 2. The molecule has 1 fully saturated rings. The highest BCUT2D eigenvalue weighted by molar-refractivity contribution is 7.19. The molecule has 0 aliphatic heterocycles. The fraction of sp³-hybridized carbons (Fsp3) is 0.524. The average Bonchev–Trinajstić information content (AvgIpc) is 3.04. The Morgan fingerprint density at radius 3 is 2.65 bits per heavy atom. The van der Waals surface area contributed by atoms with Crippen molar-refractivity contribution in [3.05, 3.63) is 35.2 Å². The summed E-state index contributed by atoms with van der Waals surface area (Å²) in [6.07, 6.45) is 5.85. The van der Waals surface area contributed by atoms with Crippen LogP contribution in [0.5, 0.6) is 0 Å². The van der Waals surface area contributed by atoms with E-state index in [2.05, 4.69) is 23.5 Å². The van der Waals surface area contributed by atoms with Crippen molar-refractivity contribution in [3.8, 4) is 0 Å². The number of rotatable bonds is 6. The van der Waals surface area contributed by atoms with E-state index in [1.165, 1.54) is 11.1 Å². The molecule has 1 heterocycles. The molecule has 3 rings (SSSR count). The van der Waals surface area contributed by atoms with E-state index in [0.717, 1.165) is 35.9 Å². The van der Waals surface area contributed by atoms with Gasteiger partial charge < -0.3 is 10.1 Å². The fourth-order valence-corrected chi connectivity index (χ4v) is 4.82. The summed E-state index contributed by atoms with van der Waals surface area (Å²) in [7, 11) is 0. The number of amides is 1. The third kappa shape index (κ3) is 4.09. The monoisotopic (exact) mass is 373 g/mol. The van der Waals surface area contributed by atoms with Gasteiger partial charge in [0.05, 0.1) is 6.61 Å². The molecule has 1 amide bonds. The molecule has 4 nitrogen and oxygen atoms in total. The minimum Gasteiger partial charge on any atom is -0.465 e. The third-order valence-corrected chi connectivity index (χ3v) is 6.29. The lowest BCUT2D eigenvalue weighted by Crippen LogP contribution is -2.50. The first kappa shape index (κ1) is 18.9. The number of esters is 1. The van der Waals surface area contributed by atoms with E-state index >= 15 is 0 Å². The molecular formula is C21H27NO3S. The highest BCUT2D eigenvalue weighted by Gasteiger charge is 2.44. The number of carbonyl (C=O) groups excluding carboxylic acids is 2. The molecule has 5 heteroatoms. The quantitative estimate of drug-likeness (QED) is 0.601. The van der Waals surface area contributed by atoms with Gasteiger partial charge in [0, 0.05) is 22.0 Å². The Morgan fingerprint density at radius 1 is 1.23 bits per heavy atom. The normalized spacial score (nSPS) is 17.6. The topological polar surface area (TPSA) is 55.4 Å². The van der Waals surface area contributed by atoms with Crippen LogP contribution in [-0.4, -0.2) is 24.5 Å². The number of hydrogen-bond donors (Lipinski definition) is 1. The molecular weight excluding hydrogens is 346 g/mol. The fourth-order valence-electron chi connectivity index (χ4n) is 3.60. The van der Waals surface area contributed by atoms with E-state index in [0.29, 0.717) is 6.42 Å². The molecule has 0 bridgehead atoms. The van der Waals surface area contributed by atoms with Gasteiger partial charge in [-0.25, -0.2) is 0 Å². The first-order valence-electron chi connectivity index (χ1n) is 9.48. The van der Waals surface area contributed by atoms with Crippen molar-refractivity contribution >= 4 is 33.3 Å². The van der Waals surface area contributed by atoms with E-state index in [4.69, 9.17) is 4.74 Å². The van der Waals surface area contributed by atoms with Gasteiger partial charge in [-0.2, -0.15) is 0 Å². The molecule has 1 aliphatic carbocycles. The van der Waals surface area contributed by atoms with Crippen LogP contribution in [0.25, 0.3) is 10.1 Å². The second-order valence-corrected chi connectivity index (χ2v) is 8.46. The number of fused-ring (bicyclic) bond motifs is 1. The van der Waals surface area contributed by atoms with Crippen LogP contribution in [0, 0.1) is 5.41 Å². The number of hydrogen-bond acceptors (Lipinski definition) is 4. The molecule has 1 saturated carbocycles. The first-order valence-corrected chi connectivity index (χ1v) is 10.3. The van der Waals surface area contributed by atoms with Gasteiger partial charge in [0.2, 0.25) is 5.91 Å². The molecule has 1 unspecified atom stereocenters. The van der Waals surface area contributed by atoms with Crippen molar-refractivity contribution in [3.63, 3.8) is 0 Å². The molecule has 2 aromatic rings. The zero-order valence-corrected chi connectivity index (χ0v) is 16.4. The van der Waals surface area contributed by atoms with Crippen molar-refractivity contribution in [2.24, 2.45) is 5.41 Å². The van der Waals surface area contributed by atoms with E-state index < -0.39 is 11.4 Å². The Morgan fingerprint density at radius 2 is 1.96 bits per heavy atom. The van der Waals surface area contributed by atoms with Crippen LogP contribution in [0.3, 0.4) is 0 Å². The molecule has 0 saturated heterocycles. The predicted octanol–water partition coefficient (Wildman–Crippen LogP) is 4.46. The van der Waals surface area contributed by atoms with Crippen LogP contribution < -0.4 is 5.32 Å². The van der Waals surface area contributed by atoms with Gasteiger partial charge in [-0.15, -0.1) is 11.3 Å². The van der Waals surface area contributed by atoms with Gasteiger partial charge in [-0.3, -0.25) is 9.59 Å². The smallest absolute Gasteiger partial charge is 0.321 e. The summed E-state index contributed by atoms with van der Waals surface area (Å²) >= 11 is 1.64. The molecule has 1 aliphatic rings. The summed E-state index contributed by atoms with van der Waals surface area (Å²) in [4.78, 5) is 26.8. The highest BCUT2D eigenvalue weighted by Crippen LogP contribution is 2.33. The minimum atomic E-state index is -1.20. The van der Waals surface area contributed by atoms with Crippen LogP contribution in [0.15, 0.2) is 30.3 Å². The summed E-state index contributed by atoms with van der Waals surface area (Å²) in [5.41, 5.74) is -1.20. The summed E-state index contributed by atoms with van der Waals surface area (Å²) in [6.45, 7) is 3.77. The lowest BCUT2D eigenvalue weighted by molar-refractivity contribution is -0.160. The van der Waals surface area contributed by atoms with Gasteiger partial charge in [0.15, 0.2) is 0 Å². The maximum absolute atomic E-state index is 13.1. The largest absolute Gasteiger partial charge is 0.465 e. The van der Waals surface area contributed by atoms with Crippen molar-refractivity contribution < 1.29 is 14.3 Å². The molecule has 1 aromatic carbocycles. The summed E-state index contributed by atoms with van der Waals surface area (Å²) in [5.74, 6) is -0.647. The summed E-state index contributed by atoms with van der Waals surface area (Å²) in [5, 5.41) is 4.26. The Kier molecular flexibility index (Phi) is 5.97. The van der Waals surface area contributed by atoms with Crippen molar-refractivity contribution in [2.45, 2.75) is 58.4 Å². The molecule has 1 aromatic heterocycles. The summed E-state index contributed by atoms with van der Waals surface area (Å²) < 4.78 is 6.44. The van der Waals surface area contributed by atoms with E-state index in [9.17, 15) is 9.59 Å². The Balaban J connectivity index is 1.82. The van der Waals surface area contributed by atoms with Gasteiger partial charge in [-0.1, -0.05) is 37.5 Å². The van der Waals surface area contributed by atoms with Gasteiger partial charge in [0.1, 0.15) is 5.41 Å². The third-order valence-electron chi connectivity index (χ3n) is 5.17. The SMILES string of the molecule is CCOC(=O)C(C)(Cc1cc2ccccc2s1)C(=O)NC1CCCCC1.